The van der Waals surface area contributed by atoms with Crippen LogP contribution in [0.2, 0.25) is 0 Å². The Morgan fingerprint density at radius 1 is 1.36 bits per heavy atom. The van der Waals surface area contributed by atoms with Crippen LogP contribution < -0.4 is 10.1 Å². The van der Waals surface area contributed by atoms with Crippen molar-refractivity contribution < 1.29 is 9.53 Å². The molecule has 1 aromatic carbocycles. The molecule has 144 valence electrons. The Morgan fingerprint density at radius 2 is 2.11 bits per heavy atom. The minimum absolute atomic E-state index is 0.124. The molecule has 0 saturated heterocycles. The van der Waals surface area contributed by atoms with Crippen molar-refractivity contribution >= 4 is 22.6 Å². The van der Waals surface area contributed by atoms with E-state index in [1.54, 1.807) is 7.11 Å². The molecule has 7 nitrogen and oxygen atoms in total. The third-order valence-corrected chi connectivity index (χ3v) is 4.92. The number of anilines is 1. The van der Waals surface area contributed by atoms with Crippen molar-refractivity contribution in [3.05, 3.63) is 41.6 Å². The third-order valence-electron chi connectivity index (χ3n) is 4.92. The van der Waals surface area contributed by atoms with Crippen LogP contribution in [0.25, 0.3) is 16.7 Å². The van der Waals surface area contributed by atoms with Gasteiger partial charge in [-0.05, 0) is 37.5 Å². The van der Waals surface area contributed by atoms with Gasteiger partial charge in [0.25, 0.3) is 0 Å². The lowest BCUT2D eigenvalue weighted by Crippen LogP contribution is -2.24. The maximum absolute atomic E-state index is 12.6. The number of aryl methyl sites for hydroxylation is 1. The second-order valence-corrected chi connectivity index (χ2v) is 6.59. The van der Waals surface area contributed by atoms with E-state index in [0.717, 1.165) is 23.8 Å². The monoisotopic (exact) mass is 377 g/mol. The number of methoxy groups -OCH3 is 1. The number of nitriles is 1. The molecular formula is C21H23N5O2. The molecule has 0 unspecified atom stereocenters. The van der Waals surface area contributed by atoms with Crippen LogP contribution in [0.15, 0.2) is 30.5 Å². The predicted octanol–water partition coefficient (Wildman–Crippen LogP) is 3.98. The molecule has 28 heavy (non-hydrogen) atoms. The molecule has 0 aliphatic carbocycles. The fourth-order valence-electron chi connectivity index (χ4n) is 3.25. The fraction of sp³-hybridized carbons (Fsp3) is 0.333. The number of ether oxygens (including phenoxy) is 1. The van der Waals surface area contributed by atoms with Crippen LogP contribution >= 0.6 is 0 Å². The van der Waals surface area contributed by atoms with Gasteiger partial charge in [0.05, 0.1) is 13.3 Å². The molecular weight excluding hydrogens is 354 g/mol. The van der Waals surface area contributed by atoms with E-state index in [1.165, 1.54) is 10.9 Å². The standard InChI is InChI=1S/C21H23N5O2/c1-5-14(6-2)21(27)25-20-15(11-22)12-23-26(20)18-10-13(3)16-8-7-9-17(28-4)19(16)24-18/h7-10,12,14H,5-6H2,1-4H3,(H,25,27). The highest BCUT2D eigenvalue weighted by Gasteiger charge is 2.21. The number of rotatable bonds is 6. The average molecular weight is 377 g/mol. The molecule has 0 aliphatic rings. The summed E-state index contributed by atoms with van der Waals surface area (Å²) in [6.07, 6.45) is 2.89. The molecule has 0 aliphatic heterocycles. The van der Waals surface area contributed by atoms with Crippen LogP contribution in [0.4, 0.5) is 5.82 Å². The molecule has 2 heterocycles. The summed E-state index contributed by atoms with van der Waals surface area (Å²) in [6.45, 7) is 5.91. The Morgan fingerprint density at radius 3 is 2.75 bits per heavy atom. The molecule has 1 amide bonds. The minimum atomic E-state index is -0.127. The summed E-state index contributed by atoms with van der Waals surface area (Å²) in [6, 6.07) is 9.70. The van der Waals surface area contributed by atoms with Gasteiger partial charge in [-0.1, -0.05) is 26.0 Å². The number of carbonyl (C=O) groups is 1. The van der Waals surface area contributed by atoms with Crippen LogP contribution in [0.1, 0.15) is 37.8 Å². The normalized spacial score (nSPS) is 10.9. The lowest BCUT2D eigenvalue weighted by molar-refractivity contribution is -0.120. The van der Waals surface area contributed by atoms with Gasteiger partial charge in [0.15, 0.2) is 11.6 Å². The molecule has 0 saturated carbocycles. The number of aromatic nitrogens is 3. The SMILES string of the molecule is CCC(CC)C(=O)Nc1c(C#N)cnn1-c1cc(C)c2cccc(OC)c2n1. The minimum Gasteiger partial charge on any atom is -0.494 e. The number of carbonyl (C=O) groups excluding carboxylic acids is 1. The Kier molecular flexibility index (Phi) is 5.59. The molecule has 0 spiro atoms. The van der Waals surface area contributed by atoms with Crippen molar-refractivity contribution in [2.24, 2.45) is 5.92 Å². The lowest BCUT2D eigenvalue weighted by Gasteiger charge is -2.15. The van der Waals surface area contributed by atoms with Gasteiger partial charge in [0, 0.05) is 11.3 Å². The first-order chi connectivity index (χ1) is 13.5. The van der Waals surface area contributed by atoms with Crippen molar-refractivity contribution in [2.45, 2.75) is 33.6 Å². The maximum Gasteiger partial charge on any atom is 0.228 e. The largest absolute Gasteiger partial charge is 0.494 e. The van der Waals surface area contributed by atoms with Gasteiger partial charge in [-0.3, -0.25) is 4.79 Å². The highest BCUT2D eigenvalue weighted by molar-refractivity contribution is 5.93. The van der Waals surface area contributed by atoms with Crippen LogP contribution in [-0.2, 0) is 4.79 Å². The first kappa shape index (κ1) is 19.4. The number of hydrogen-bond acceptors (Lipinski definition) is 5. The van der Waals surface area contributed by atoms with E-state index in [4.69, 9.17) is 9.72 Å². The summed E-state index contributed by atoms with van der Waals surface area (Å²) in [7, 11) is 1.60. The van der Waals surface area contributed by atoms with Gasteiger partial charge in [-0.2, -0.15) is 15.0 Å². The van der Waals surface area contributed by atoms with Crippen molar-refractivity contribution in [2.75, 3.05) is 12.4 Å². The van der Waals surface area contributed by atoms with Crippen LogP contribution in [0.5, 0.6) is 5.75 Å². The van der Waals surface area contributed by atoms with Crippen molar-refractivity contribution in [1.29, 1.82) is 5.26 Å². The van der Waals surface area contributed by atoms with E-state index in [1.807, 2.05) is 45.0 Å². The van der Waals surface area contributed by atoms with Crippen LogP contribution in [0.3, 0.4) is 0 Å². The first-order valence-electron chi connectivity index (χ1n) is 9.27. The quantitative estimate of drug-likeness (QED) is 0.701. The number of nitrogens with one attached hydrogen (secondary N) is 1. The number of hydrogen-bond donors (Lipinski definition) is 1. The Hall–Kier alpha value is -3.40. The number of pyridine rings is 1. The van der Waals surface area contributed by atoms with E-state index in [-0.39, 0.29) is 11.8 Å². The van der Waals surface area contributed by atoms with Crippen LogP contribution in [-0.4, -0.2) is 27.8 Å². The van der Waals surface area contributed by atoms with Gasteiger partial charge < -0.3 is 10.1 Å². The van der Waals surface area contributed by atoms with Gasteiger partial charge in [0.2, 0.25) is 5.91 Å². The van der Waals surface area contributed by atoms with Gasteiger partial charge in [-0.15, -0.1) is 0 Å². The first-order valence-corrected chi connectivity index (χ1v) is 9.27. The predicted molar refractivity (Wildman–Crippen MR) is 108 cm³/mol. The van der Waals surface area contributed by atoms with E-state index in [9.17, 15) is 10.1 Å². The van der Waals surface area contributed by atoms with E-state index < -0.39 is 0 Å². The van der Waals surface area contributed by atoms with Gasteiger partial charge in [-0.25, -0.2) is 4.98 Å². The molecule has 2 aromatic heterocycles. The zero-order valence-corrected chi connectivity index (χ0v) is 16.5. The van der Waals surface area contributed by atoms with Crippen molar-refractivity contribution in [3.8, 4) is 17.6 Å². The average Bonchev–Trinajstić information content (AvgIpc) is 3.11. The number of para-hydroxylation sites is 1. The molecule has 3 aromatic rings. The van der Waals surface area contributed by atoms with Crippen molar-refractivity contribution in [3.63, 3.8) is 0 Å². The van der Waals surface area contributed by atoms with E-state index in [0.29, 0.717) is 28.5 Å². The van der Waals surface area contributed by atoms with E-state index in [2.05, 4.69) is 16.5 Å². The maximum atomic E-state index is 12.6. The lowest BCUT2D eigenvalue weighted by atomic mass is 10.0. The number of benzene rings is 1. The molecule has 1 N–H and O–H groups in total. The molecule has 3 rings (SSSR count). The molecule has 0 radical (unpaired) electrons. The highest BCUT2D eigenvalue weighted by atomic mass is 16.5. The van der Waals surface area contributed by atoms with Crippen LogP contribution in [0, 0.1) is 24.2 Å². The summed E-state index contributed by atoms with van der Waals surface area (Å²) < 4.78 is 6.94. The second-order valence-electron chi connectivity index (χ2n) is 6.59. The molecule has 0 fully saturated rings. The number of nitrogens with zero attached hydrogens (tertiary/aromatic N) is 4. The smallest absolute Gasteiger partial charge is 0.228 e. The Balaban J connectivity index is 2.13. The molecule has 7 heteroatoms. The highest BCUT2D eigenvalue weighted by Crippen LogP contribution is 2.29. The Bertz CT molecular complexity index is 1060. The summed E-state index contributed by atoms with van der Waals surface area (Å²) in [5.74, 6) is 1.24. The van der Waals surface area contributed by atoms with Crippen molar-refractivity contribution in [1.82, 2.24) is 14.8 Å². The number of amides is 1. The zero-order chi connectivity index (χ0) is 20.3. The van der Waals surface area contributed by atoms with E-state index >= 15 is 0 Å². The Labute approximate surface area is 163 Å². The zero-order valence-electron chi connectivity index (χ0n) is 16.5. The molecule has 0 bridgehead atoms. The summed E-state index contributed by atoms with van der Waals surface area (Å²) in [5, 5.41) is 17.6. The second kappa shape index (κ2) is 8.09. The summed E-state index contributed by atoms with van der Waals surface area (Å²) >= 11 is 0. The van der Waals surface area contributed by atoms with Gasteiger partial charge >= 0.3 is 0 Å². The molecule has 0 atom stereocenters. The summed E-state index contributed by atoms with van der Waals surface area (Å²) in [5.41, 5.74) is 1.98. The topological polar surface area (TPSA) is 92.8 Å². The third kappa shape index (κ3) is 3.41. The number of fused-ring (bicyclic) bond motifs is 1. The summed E-state index contributed by atoms with van der Waals surface area (Å²) in [4.78, 5) is 17.3. The van der Waals surface area contributed by atoms with Gasteiger partial charge in [0.1, 0.15) is 22.9 Å². The fourth-order valence-corrected chi connectivity index (χ4v) is 3.25.